The van der Waals surface area contributed by atoms with Gasteiger partial charge in [-0.05, 0) is 25.3 Å². The lowest BCUT2D eigenvalue weighted by Gasteiger charge is -2.19. The van der Waals surface area contributed by atoms with Gasteiger partial charge in [0, 0.05) is 12.6 Å². The molecule has 1 aliphatic heterocycles. The van der Waals surface area contributed by atoms with Gasteiger partial charge in [0.25, 0.3) is 0 Å². The predicted octanol–water partition coefficient (Wildman–Crippen LogP) is 0.209. The third kappa shape index (κ3) is 3.65. The lowest BCUT2D eigenvalue weighted by Crippen LogP contribution is -2.34. The van der Waals surface area contributed by atoms with Crippen LogP contribution in [-0.4, -0.2) is 41.3 Å². The van der Waals surface area contributed by atoms with Gasteiger partial charge in [-0.2, -0.15) is 0 Å². The molecule has 0 spiro atoms. The molecule has 1 unspecified atom stereocenters. The Hall–Kier alpha value is -1.45. The zero-order chi connectivity index (χ0) is 11.1. The third-order valence-electron chi connectivity index (χ3n) is 2.25. The van der Waals surface area contributed by atoms with Crippen molar-refractivity contribution in [3.8, 4) is 0 Å². The van der Waals surface area contributed by atoms with Crippen LogP contribution in [0.1, 0.15) is 19.3 Å². The van der Waals surface area contributed by atoms with E-state index in [4.69, 9.17) is 0 Å². The number of isocyanates is 1. The molecule has 0 saturated carbocycles. The second kappa shape index (κ2) is 6.11. The van der Waals surface area contributed by atoms with E-state index in [1.54, 1.807) is 0 Å². The smallest absolute Gasteiger partial charge is 0.248 e. The molecule has 1 aliphatic rings. The van der Waals surface area contributed by atoms with Crippen molar-refractivity contribution in [2.75, 3.05) is 13.1 Å². The molecule has 0 saturated heterocycles. The molecule has 0 aromatic carbocycles. The van der Waals surface area contributed by atoms with Crippen molar-refractivity contribution in [3.63, 3.8) is 0 Å². The maximum Gasteiger partial charge on any atom is 0.248 e. The summed E-state index contributed by atoms with van der Waals surface area (Å²) in [5.74, 6) is -0.145. The first-order valence-electron chi connectivity index (χ1n) is 4.96. The number of hydrogen-bond acceptors (Lipinski definition) is 4. The number of amides is 1. The quantitative estimate of drug-likeness (QED) is 0.387. The maximum atomic E-state index is 11.2. The van der Waals surface area contributed by atoms with Crippen molar-refractivity contribution in [3.05, 3.63) is 12.2 Å². The van der Waals surface area contributed by atoms with Gasteiger partial charge in [-0.15, -0.1) is 0 Å². The fourth-order valence-corrected chi connectivity index (χ4v) is 1.44. The molecule has 5 nitrogen and oxygen atoms in total. The minimum Gasteiger partial charge on any atom is -0.370 e. The Kier molecular flexibility index (Phi) is 4.74. The molecule has 1 atom stereocenters. The van der Waals surface area contributed by atoms with Crippen LogP contribution < -0.4 is 0 Å². The molecule has 0 aliphatic carbocycles. The summed E-state index contributed by atoms with van der Waals surface area (Å²) in [7, 11) is 0. The molecular formula is C10H14N2O3. The molecule has 1 heterocycles. The van der Waals surface area contributed by atoms with Crippen LogP contribution in [-0.2, 0) is 9.59 Å². The Balaban J connectivity index is 2.10. The summed E-state index contributed by atoms with van der Waals surface area (Å²) in [4.78, 5) is 25.7. The van der Waals surface area contributed by atoms with Crippen LogP contribution in [0.4, 0.5) is 0 Å². The summed E-state index contributed by atoms with van der Waals surface area (Å²) in [6, 6.07) is 0. The van der Waals surface area contributed by atoms with E-state index in [1.165, 1.54) is 23.1 Å². The van der Waals surface area contributed by atoms with Crippen molar-refractivity contribution < 1.29 is 14.7 Å². The number of aliphatic hydroxyl groups is 1. The van der Waals surface area contributed by atoms with Crippen LogP contribution in [0.2, 0.25) is 0 Å². The van der Waals surface area contributed by atoms with Gasteiger partial charge in [0.15, 0.2) is 0 Å². The van der Waals surface area contributed by atoms with Crippen LogP contribution in [0.15, 0.2) is 17.1 Å². The normalized spacial score (nSPS) is 19.4. The van der Waals surface area contributed by atoms with E-state index < -0.39 is 6.23 Å². The number of rotatable bonds is 6. The summed E-state index contributed by atoms with van der Waals surface area (Å²) in [5.41, 5.74) is 0. The first-order valence-corrected chi connectivity index (χ1v) is 4.96. The van der Waals surface area contributed by atoms with Crippen LogP contribution >= 0.6 is 0 Å². The molecule has 1 N–H and O–H groups in total. The van der Waals surface area contributed by atoms with E-state index in [0.717, 1.165) is 19.3 Å². The highest BCUT2D eigenvalue weighted by Crippen LogP contribution is 2.10. The highest BCUT2D eigenvalue weighted by atomic mass is 16.3. The van der Waals surface area contributed by atoms with E-state index in [0.29, 0.717) is 13.1 Å². The van der Waals surface area contributed by atoms with Crippen LogP contribution in [0.5, 0.6) is 0 Å². The number of aliphatic imine (C=N–C) groups is 1. The number of carbonyl (C=O) groups excluding carboxylic acids is 2. The molecular weight excluding hydrogens is 196 g/mol. The molecule has 1 amide bonds. The van der Waals surface area contributed by atoms with Crippen molar-refractivity contribution in [2.45, 2.75) is 25.5 Å². The second-order valence-corrected chi connectivity index (χ2v) is 3.34. The van der Waals surface area contributed by atoms with Gasteiger partial charge in [-0.3, -0.25) is 4.79 Å². The Bertz CT molecular complexity index is 295. The molecule has 0 aromatic heterocycles. The summed E-state index contributed by atoms with van der Waals surface area (Å²) in [5, 5.41) is 9.35. The van der Waals surface area contributed by atoms with Crippen LogP contribution in [0, 0.1) is 0 Å². The predicted molar refractivity (Wildman–Crippen MR) is 53.7 cm³/mol. The van der Waals surface area contributed by atoms with Gasteiger partial charge in [0.05, 0.1) is 6.54 Å². The fourth-order valence-electron chi connectivity index (χ4n) is 1.44. The summed E-state index contributed by atoms with van der Waals surface area (Å²) < 4.78 is 0. The highest BCUT2D eigenvalue weighted by molar-refractivity contribution is 5.90. The maximum absolute atomic E-state index is 11.2. The minimum absolute atomic E-state index is 0.145. The van der Waals surface area contributed by atoms with Gasteiger partial charge in [0.1, 0.15) is 6.23 Å². The molecule has 82 valence electrons. The molecule has 15 heavy (non-hydrogen) atoms. The molecule has 5 heteroatoms. The lowest BCUT2D eigenvalue weighted by atomic mass is 10.2. The van der Waals surface area contributed by atoms with Crippen LogP contribution in [0.25, 0.3) is 0 Å². The summed E-state index contributed by atoms with van der Waals surface area (Å²) in [6.07, 6.45) is 6.04. The Morgan fingerprint density at radius 2 is 2.27 bits per heavy atom. The van der Waals surface area contributed by atoms with Crippen molar-refractivity contribution in [2.24, 2.45) is 4.99 Å². The number of carbonyl (C=O) groups is 1. The number of unbranched alkanes of at least 4 members (excludes halogenated alkanes) is 2. The van der Waals surface area contributed by atoms with E-state index in [9.17, 15) is 14.7 Å². The van der Waals surface area contributed by atoms with E-state index in [1.807, 2.05) is 0 Å². The summed E-state index contributed by atoms with van der Waals surface area (Å²) >= 11 is 0. The Morgan fingerprint density at radius 1 is 1.47 bits per heavy atom. The van der Waals surface area contributed by atoms with Gasteiger partial charge >= 0.3 is 0 Å². The Labute approximate surface area is 88.1 Å². The SMILES string of the molecule is O=C=NCCCCCN1C(=O)C=CC1O. The Morgan fingerprint density at radius 3 is 2.87 bits per heavy atom. The van der Waals surface area contributed by atoms with Gasteiger partial charge in [-0.1, -0.05) is 0 Å². The largest absolute Gasteiger partial charge is 0.370 e. The van der Waals surface area contributed by atoms with Gasteiger partial charge < -0.3 is 10.0 Å². The standard InChI is InChI=1S/C10H14N2O3/c13-8-11-6-2-1-3-7-12-9(14)4-5-10(12)15/h4-5,9,14H,1-3,6-7H2. The summed E-state index contributed by atoms with van der Waals surface area (Å²) in [6.45, 7) is 1.02. The zero-order valence-corrected chi connectivity index (χ0v) is 8.43. The highest BCUT2D eigenvalue weighted by Gasteiger charge is 2.22. The first kappa shape index (κ1) is 11.6. The van der Waals surface area contributed by atoms with Crippen molar-refractivity contribution in [1.82, 2.24) is 4.90 Å². The second-order valence-electron chi connectivity index (χ2n) is 3.34. The van der Waals surface area contributed by atoms with Crippen molar-refractivity contribution in [1.29, 1.82) is 0 Å². The molecule has 0 radical (unpaired) electrons. The molecule has 0 aromatic rings. The molecule has 0 bridgehead atoms. The van der Waals surface area contributed by atoms with Gasteiger partial charge in [0.2, 0.25) is 12.0 Å². The average Bonchev–Trinajstić information content (AvgIpc) is 2.54. The molecule has 1 rings (SSSR count). The zero-order valence-electron chi connectivity index (χ0n) is 8.43. The topological polar surface area (TPSA) is 70.0 Å². The average molecular weight is 210 g/mol. The first-order chi connectivity index (χ1) is 7.25. The monoisotopic (exact) mass is 210 g/mol. The van der Waals surface area contributed by atoms with Crippen LogP contribution in [0.3, 0.4) is 0 Å². The minimum atomic E-state index is -0.773. The van der Waals surface area contributed by atoms with E-state index in [2.05, 4.69) is 4.99 Å². The number of hydrogen-bond donors (Lipinski definition) is 1. The van der Waals surface area contributed by atoms with Gasteiger partial charge in [-0.25, -0.2) is 9.79 Å². The lowest BCUT2D eigenvalue weighted by molar-refractivity contribution is -0.130. The van der Waals surface area contributed by atoms with E-state index >= 15 is 0 Å². The fraction of sp³-hybridized carbons (Fsp3) is 0.600. The third-order valence-corrected chi connectivity index (χ3v) is 2.25. The number of nitrogens with zero attached hydrogens (tertiary/aromatic N) is 2. The number of aliphatic hydroxyl groups excluding tert-OH is 1. The molecule has 0 fully saturated rings. The van der Waals surface area contributed by atoms with Crippen molar-refractivity contribution >= 4 is 12.0 Å². The van der Waals surface area contributed by atoms with E-state index in [-0.39, 0.29) is 5.91 Å².